The lowest BCUT2D eigenvalue weighted by Gasteiger charge is -2.25. The van der Waals surface area contributed by atoms with Gasteiger partial charge in [0.1, 0.15) is 11.2 Å². The van der Waals surface area contributed by atoms with E-state index in [-0.39, 0.29) is 0 Å². The fourth-order valence-electron chi connectivity index (χ4n) is 9.09. The van der Waals surface area contributed by atoms with Crippen molar-refractivity contribution < 1.29 is 4.42 Å². The van der Waals surface area contributed by atoms with Gasteiger partial charge in [-0.1, -0.05) is 121 Å². The maximum Gasteiger partial charge on any atom is 0.137 e. The van der Waals surface area contributed by atoms with Crippen LogP contribution in [0.2, 0.25) is 0 Å². The van der Waals surface area contributed by atoms with E-state index in [1.165, 1.54) is 66.0 Å². The van der Waals surface area contributed by atoms with Crippen LogP contribution in [-0.2, 0) is 0 Å². The molecule has 0 spiro atoms. The summed E-state index contributed by atoms with van der Waals surface area (Å²) in [4.78, 5) is 2.29. The van der Waals surface area contributed by atoms with Crippen molar-refractivity contribution in [1.82, 2.24) is 4.57 Å². The first kappa shape index (κ1) is 30.1. The summed E-state index contributed by atoms with van der Waals surface area (Å²) in [5, 5.41) is 7.52. The number of rotatable bonds is 5. The second-order valence-corrected chi connectivity index (χ2v) is 14.5. The van der Waals surface area contributed by atoms with Crippen molar-refractivity contribution in [2.45, 2.75) is 0 Å². The summed E-state index contributed by atoms with van der Waals surface area (Å²) < 4.78 is 8.74. The molecule has 3 heteroatoms. The van der Waals surface area contributed by atoms with E-state index in [2.05, 4.69) is 191 Å². The van der Waals surface area contributed by atoms with Gasteiger partial charge in [0, 0.05) is 50.4 Å². The number of para-hydroxylation sites is 2. The van der Waals surface area contributed by atoms with Gasteiger partial charge in [-0.25, -0.2) is 0 Å². The number of nitrogens with zero attached hydrogens (tertiary/aromatic N) is 2. The lowest BCUT2D eigenvalue weighted by atomic mass is 9.93. The van der Waals surface area contributed by atoms with Gasteiger partial charge >= 0.3 is 0 Å². The van der Waals surface area contributed by atoms with Crippen LogP contribution in [0.15, 0.2) is 199 Å². The van der Waals surface area contributed by atoms with Crippen molar-refractivity contribution in [3.05, 3.63) is 194 Å². The molecule has 256 valence electrons. The lowest BCUT2D eigenvalue weighted by molar-refractivity contribution is 0.669. The van der Waals surface area contributed by atoms with E-state index in [1.807, 2.05) is 12.1 Å². The van der Waals surface area contributed by atoms with Crippen LogP contribution in [0, 0.1) is 0 Å². The highest BCUT2D eigenvalue weighted by atomic mass is 16.3. The molecule has 0 unspecified atom stereocenters. The first-order valence-corrected chi connectivity index (χ1v) is 18.8. The van der Waals surface area contributed by atoms with Crippen molar-refractivity contribution >= 4 is 71.6 Å². The molecule has 0 atom stereocenters. The Kier molecular flexibility index (Phi) is 6.34. The molecule has 1 aliphatic carbocycles. The number of aromatic nitrogens is 1. The quantitative estimate of drug-likeness (QED) is 0.178. The maximum atomic E-state index is 6.29. The average Bonchev–Trinajstić information content (AvgIpc) is 3.76. The van der Waals surface area contributed by atoms with Crippen molar-refractivity contribution in [3.63, 3.8) is 0 Å². The number of anilines is 3. The first-order valence-electron chi connectivity index (χ1n) is 18.8. The van der Waals surface area contributed by atoms with E-state index in [0.29, 0.717) is 0 Å². The number of benzene rings is 9. The van der Waals surface area contributed by atoms with Crippen LogP contribution in [0.1, 0.15) is 0 Å². The van der Waals surface area contributed by atoms with Crippen molar-refractivity contribution in [2.24, 2.45) is 0 Å². The Morgan fingerprint density at radius 1 is 0.364 bits per heavy atom. The van der Waals surface area contributed by atoms with E-state index < -0.39 is 0 Å². The van der Waals surface area contributed by atoms with Gasteiger partial charge in [0.25, 0.3) is 0 Å². The highest BCUT2D eigenvalue weighted by Crippen LogP contribution is 2.49. The molecule has 9 aromatic carbocycles. The van der Waals surface area contributed by atoms with Gasteiger partial charge in [-0.2, -0.15) is 0 Å². The van der Waals surface area contributed by atoms with Crippen LogP contribution in [0.25, 0.3) is 93.6 Å². The zero-order valence-corrected chi connectivity index (χ0v) is 29.8. The molecule has 55 heavy (non-hydrogen) atoms. The molecule has 2 heterocycles. The lowest BCUT2D eigenvalue weighted by Crippen LogP contribution is -2.09. The second kappa shape index (κ2) is 11.6. The molecule has 1 aliphatic rings. The normalized spacial score (nSPS) is 12.0. The van der Waals surface area contributed by atoms with Gasteiger partial charge in [0.15, 0.2) is 0 Å². The van der Waals surface area contributed by atoms with Crippen molar-refractivity contribution in [2.75, 3.05) is 4.90 Å². The molecule has 11 aromatic rings. The van der Waals surface area contributed by atoms with Gasteiger partial charge in [-0.15, -0.1) is 0 Å². The minimum atomic E-state index is 0.881. The first-order chi connectivity index (χ1) is 27.3. The third-order valence-electron chi connectivity index (χ3n) is 11.5. The van der Waals surface area contributed by atoms with Gasteiger partial charge in [-0.05, 0) is 111 Å². The smallest absolute Gasteiger partial charge is 0.137 e. The van der Waals surface area contributed by atoms with Gasteiger partial charge in [0.2, 0.25) is 0 Å². The maximum absolute atomic E-state index is 6.29. The van der Waals surface area contributed by atoms with Crippen LogP contribution >= 0.6 is 0 Å². The monoisotopic (exact) mass is 700 g/mol. The fourth-order valence-corrected chi connectivity index (χ4v) is 9.09. The van der Waals surface area contributed by atoms with Crippen molar-refractivity contribution in [1.29, 1.82) is 0 Å². The summed E-state index contributed by atoms with van der Waals surface area (Å²) in [5.74, 6) is 0. The standard InChI is InChI=1S/C52H32N2O/c1-2-11-36(12-3-1)53(39-29-30-43-42-15-6-7-19-48(42)55-49(43)32-39)37-25-20-33(21-26-37)34-22-27-38(28-23-34)54-46-18-9-17-45-41-14-5-4-13-40(41)44-16-8-10-35-24-31-47(54)52(50(35)44)51(45)46/h1-32H. The Hall–Kier alpha value is -7.36. The summed E-state index contributed by atoms with van der Waals surface area (Å²) in [6.07, 6.45) is 0. The number of hydrogen-bond donors (Lipinski definition) is 0. The summed E-state index contributed by atoms with van der Waals surface area (Å²) in [6.45, 7) is 0. The number of furan rings is 1. The zero-order chi connectivity index (χ0) is 36.0. The molecule has 0 fully saturated rings. The van der Waals surface area contributed by atoms with Crippen LogP contribution in [0.4, 0.5) is 17.1 Å². The largest absolute Gasteiger partial charge is 0.456 e. The predicted molar refractivity (Wildman–Crippen MR) is 230 cm³/mol. The van der Waals surface area contributed by atoms with Gasteiger partial charge in [-0.3, -0.25) is 0 Å². The molecule has 0 saturated carbocycles. The highest BCUT2D eigenvalue weighted by Gasteiger charge is 2.24. The second-order valence-electron chi connectivity index (χ2n) is 14.5. The van der Waals surface area contributed by atoms with Crippen LogP contribution in [0.3, 0.4) is 0 Å². The fraction of sp³-hybridized carbons (Fsp3) is 0. The van der Waals surface area contributed by atoms with Crippen molar-refractivity contribution in [3.8, 4) is 39.1 Å². The molecule has 2 aromatic heterocycles. The average molecular weight is 701 g/mol. The number of hydrogen-bond acceptors (Lipinski definition) is 2. The molecule has 0 N–H and O–H groups in total. The summed E-state index contributed by atoms with van der Waals surface area (Å²) in [6, 6.07) is 70.1. The molecular weight excluding hydrogens is 669 g/mol. The van der Waals surface area contributed by atoms with Crippen LogP contribution < -0.4 is 4.90 Å². The van der Waals surface area contributed by atoms with E-state index >= 15 is 0 Å². The zero-order valence-electron chi connectivity index (χ0n) is 29.8. The topological polar surface area (TPSA) is 21.3 Å². The highest BCUT2D eigenvalue weighted by molar-refractivity contribution is 6.30. The SMILES string of the molecule is c1ccc(N(c2ccc(-c3ccc(-n4c5cccc6c5c5c7c(cccc7ccc54)-c4ccccc4-6)cc3)cc2)c2ccc3c(c2)oc2ccccc23)cc1. The third kappa shape index (κ3) is 4.44. The Bertz CT molecular complexity index is 3300. The Morgan fingerprint density at radius 2 is 0.964 bits per heavy atom. The molecule has 0 saturated heterocycles. The molecule has 0 amide bonds. The van der Waals surface area contributed by atoms with E-state index in [9.17, 15) is 0 Å². The van der Waals surface area contributed by atoms with Gasteiger partial charge in [0.05, 0.1) is 11.0 Å². The van der Waals surface area contributed by atoms with E-state index in [1.54, 1.807) is 0 Å². The molecule has 0 aliphatic heterocycles. The minimum Gasteiger partial charge on any atom is -0.456 e. The van der Waals surface area contributed by atoms with Gasteiger partial charge < -0.3 is 13.9 Å². The molecule has 0 bridgehead atoms. The molecule has 0 radical (unpaired) electrons. The minimum absolute atomic E-state index is 0.881. The molecule has 12 rings (SSSR count). The Labute approximate surface area is 317 Å². The summed E-state index contributed by atoms with van der Waals surface area (Å²) in [7, 11) is 0. The van der Waals surface area contributed by atoms with E-state index in [0.717, 1.165) is 44.7 Å². The predicted octanol–water partition coefficient (Wildman–Crippen LogP) is 14.6. The Morgan fingerprint density at radius 3 is 1.76 bits per heavy atom. The summed E-state index contributed by atoms with van der Waals surface area (Å²) in [5.41, 5.74) is 16.1. The van der Waals surface area contributed by atoms with Crippen LogP contribution in [0.5, 0.6) is 0 Å². The summed E-state index contributed by atoms with van der Waals surface area (Å²) >= 11 is 0. The number of fused-ring (bicyclic) bond motifs is 6. The van der Waals surface area contributed by atoms with Crippen LogP contribution in [-0.4, -0.2) is 4.57 Å². The third-order valence-corrected chi connectivity index (χ3v) is 11.5. The molecular formula is C52H32N2O. The Balaban J connectivity index is 0.946. The van der Waals surface area contributed by atoms with E-state index in [4.69, 9.17) is 4.42 Å². The molecule has 3 nitrogen and oxygen atoms in total.